The van der Waals surface area contributed by atoms with Crippen molar-refractivity contribution in [1.29, 1.82) is 0 Å². The Morgan fingerprint density at radius 3 is 2.64 bits per heavy atom. The second kappa shape index (κ2) is 8.16. The second-order valence-electron chi connectivity index (χ2n) is 5.92. The maximum absolute atomic E-state index is 14.0. The van der Waals surface area contributed by atoms with Crippen LogP contribution in [-0.2, 0) is 5.75 Å². The van der Waals surface area contributed by atoms with Gasteiger partial charge in [0.25, 0.3) is 0 Å². The molecule has 28 heavy (non-hydrogen) atoms. The van der Waals surface area contributed by atoms with Crippen LogP contribution in [0.3, 0.4) is 0 Å². The first-order valence-corrected chi connectivity index (χ1v) is 10.0. The summed E-state index contributed by atoms with van der Waals surface area (Å²) in [6.07, 6.45) is 0. The highest BCUT2D eigenvalue weighted by Crippen LogP contribution is 2.28. The van der Waals surface area contributed by atoms with Crippen LogP contribution in [0.1, 0.15) is 12.5 Å². The summed E-state index contributed by atoms with van der Waals surface area (Å²) in [5, 5.41) is 13.9. The van der Waals surface area contributed by atoms with Gasteiger partial charge in [0.1, 0.15) is 11.6 Å². The van der Waals surface area contributed by atoms with E-state index in [0.717, 1.165) is 17.0 Å². The second-order valence-corrected chi connectivity index (χ2v) is 7.27. The largest absolute Gasteiger partial charge is 0.494 e. The van der Waals surface area contributed by atoms with Gasteiger partial charge in [0, 0.05) is 21.9 Å². The lowest BCUT2D eigenvalue weighted by atomic mass is 10.1. The summed E-state index contributed by atoms with van der Waals surface area (Å²) in [5.41, 5.74) is 2.79. The van der Waals surface area contributed by atoms with Crippen LogP contribution >= 0.6 is 23.4 Å². The van der Waals surface area contributed by atoms with Gasteiger partial charge in [-0.05, 0) is 55.5 Å². The average molecular weight is 415 g/mol. The molecule has 8 heteroatoms. The van der Waals surface area contributed by atoms with Crippen LogP contribution in [0.4, 0.5) is 4.39 Å². The van der Waals surface area contributed by atoms with Crippen LogP contribution in [0.15, 0.2) is 59.8 Å². The van der Waals surface area contributed by atoms with Gasteiger partial charge in [0.2, 0.25) is 5.16 Å². The van der Waals surface area contributed by atoms with Crippen molar-refractivity contribution in [3.63, 3.8) is 0 Å². The zero-order chi connectivity index (χ0) is 19.5. The Morgan fingerprint density at radius 2 is 1.89 bits per heavy atom. The minimum Gasteiger partial charge on any atom is -0.494 e. The van der Waals surface area contributed by atoms with Gasteiger partial charge in [-0.1, -0.05) is 29.4 Å². The molecular weight excluding hydrogens is 399 g/mol. The molecule has 0 bridgehead atoms. The van der Waals surface area contributed by atoms with Gasteiger partial charge in [-0.15, -0.1) is 10.2 Å². The Hall–Kier alpha value is -2.64. The van der Waals surface area contributed by atoms with E-state index >= 15 is 0 Å². The van der Waals surface area contributed by atoms with Crippen molar-refractivity contribution in [2.24, 2.45) is 0 Å². The van der Waals surface area contributed by atoms with Crippen molar-refractivity contribution < 1.29 is 9.13 Å². The summed E-state index contributed by atoms with van der Waals surface area (Å²) in [6.45, 7) is 2.57. The van der Waals surface area contributed by atoms with E-state index in [-0.39, 0.29) is 5.82 Å². The topological polar surface area (TPSA) is 52.3 Å². The van der Waals surface area contributed by atoms with E-state index in [1.165, 1.54) is 17.8 Å². The Balaban J connectivity index is 1.61. The van der Waals surface area contributed by atoms with Crippen LogP contribution in [-0.4, -0.2) is 26.4 Å². The fraction of sp³-hybridized carbons (Fsp3) is 0.150. The molecule has 2 aromatic heterocycles. The number of halogens is 2. The minimum absolute atomic E-state index is 0.335. The number of ether oxygens (including phenoxy) is 1. The summed E-state index contributed by atoms with van der Waals surface area (Å²) < 4.78 is 21.1. The maximum atomic E-state index is 14.0. The standard InChI is InChI=1S/C20H16ClFN4OS/c1-2-27-14-8-6-13(7-9-14)18-10-11-19-23-24-20(26(19)25-18)28-12-15-16(21)4-3-5-17(15)22/h3-11H,2,12H2,1H3. The molecule has 2 aromatic carbocycles. The van der Waals surface area contributed by atoms with Gasteiger partial charge in [-0.25, -0.2) is 4.39 Å². The first-order chi connectivity index (χ1) is 13.7. The zero-order valence-electron chi connectivity index (χ0n) is 15.0. The van der Waals surface area contributed by atoms with Crippen molar-refractivity contribution in [3.05, 3.63) is 71.0 Å². The molecule has 0 N–H and O–H groups in total. The van der Waals surface area contributed by atoms with E-state index in [1.807, 2.05) is 43.3 Å². The van der Waals surface area contributed by atoms with Gasteiger partial charge in [0.05, 0.1) is 12.3 Å². The molecule has 0 unspecified atom stereocenters. The summed E-state index contributed by atoms with van der Waals surface area (Å²) in [7, 11) is 0. The number of hydrogen-bond acceptors (Lipinski definition) is 5. The van der Waals surface area contributed by atoms with Crippen LogP contribution in [0, 0.1) is 5.82 Å². The molecule has 4 aromatic rings. The van der Waals surface area contributed by atoms with Crippen molar-refractivity contribution in [2.75, 3.05) is 6.61 Å². The summed E-state index contributed by atoms with van der Waals surface area (Å²) in [5.74, 6) is 0.813. The van der Waals surface area contributed by atoms with E-state index in [0.29, 0.717) is 33.7 Å². The van der Waals surface area contributed by atoms with Crippen LogP contribution < -0.4 is 4.74 Å². The smallest absolute Gasteiger partial charge is 0.212 e. The summed E-state index contributed by atoms with van der Waals surface area (Å²) in [4.78, 5) is 0. The predicted octanol–water partition coefficient (Wildman–Crippen LogP) is 5.27. The fourth-order valence-electron chi connectivity index (χ4n) is 2.71. The van der Waals surface area contributed by atoms with Crippen molar-refractivity contribution in [3.8, 4) is 17.0 Å². The molecule has 2 heterocycles. The molecule has 0 fully saturated rings. The molecular formula is C20H16ClFN4OS. The van der Waals surface area contributed by atoms with Crippen molar-refractivity contribution in [1.82, 2.24) is 19.8 Å². The van der Waals surface area contributed by atoms with Gasteiger partial charge < -0.3 is 4.74 Å². The monoisotopic (exact) mass is 414 g/mol. The molecule has 4 rings (SSSR count). The Kier molecular flexibility index (Phi) is 5.45. The van der Waals surface area contributed by atoms with E-state index in [9.17, 15) is 4.39 Å². The SMILES string of the molecule is CCOc1ccc(-c2ccc3nnc(SCc4c(F)cccc4Cl)n3n2)cc1. The third-order valence-corrected chi connectivity index (χ3v) is 5.40. The number of nitrogens with zero attached hydrogens (tertiary/aromatic N) is 4. The number of aromatic nitrogens is 4. The highest BCUT2D eigenvalue weighted by molar-refractivity contribution is 7.98. The molecule has 0 amide bonds. The van der Waals surface area contributed by atoms with Crippen molar-refractivity contribution >= 4 is 29.0 Å². The molecule has 0 radical (unpaired) electrons. The molecule has 0 saturated heterocycles. The Bertz CT molecular complexity index is 1100. The molecule has 5 nitrogen and oxygen atoms in total. The third kappa shape index (κ3) is 3.81. The van der Waals surface area contributed by atoms with Crippen LogP contribution in [0.2, 0.25) is 5.02 Å². The minimum atomic E-state index is -0.336. The molecule has 0 spiro atoms. The lowest BCUT2D eigenvalue weighted by molar-refractivity contribution is 0.340. The number of fused-ring (bicyclic) bond motifs is 1. The van der Waals surface area contributed by atoms with E-state index in [2.05, 4.69) is 15.3 Å². The highest BCUT2D eigenvalue weighted by Gasteiger charge is 2.13. The number of hydrogen-bond donors (Lipinski definition) is 0. The lowest BCUT2D eigenvalue weighted by Crippen LogP contribution is -1.97. The summed E-state index contributed by atoms with van der Waals surface area (Å²) in [6, 6.07) is 16.1. The zero-order valence-corrected chi connectivity index (χ0v) is 16.5. The van der Waals surface area contributed by atoms with Crippen molar-refractivity contribution in [2.45, 2.75) is 17.8 Å². The molecule has 0 atom stereocenters. The first kappa shape index (κ1) is 18.7. The molecule has 0 aliphatic rings. The van der Waals surface area contributed by atoms with Crippen LogP contribution in [0.25, 0.3) is 16.9 Å². The summed E-state index contributed by atoms with van der Waals surface area (Å²) >= 11 is 7.44. The van der Waals surface area contributed by atoms with Gasteiger partial charge in [0.15, 0.2) is 5.65 Å². The maximum Gasteiger partial charge on any atom is 0.212 e. The molecule has 0 aliphatic heterocycles. The van der Waals surface area contributed by atoms with Gasteiger partial charge >= 0.3 is 0 Å². The van der Waals surface area contributed by atoms with Gasteiger partial charge in [-0.2, -0.15) is 9.61 Å². The van der Waals surface area contributed by atoms with E-state index in [4.69, 9.17) is 16.3 Å². The normalized spacial score (nSPS) is 11.1. The number of rotatable bonds is 6. The van der Waals surface area contributed by atoms with E-state index < -0.39 is 0 Å². The quantitative estimate of drug-likeness (QED) is 0.402. The average Bonchev–Trinajstić information content (AvgIpc) is 3.11. The molecule has 0 aliphatic carbocycles. The van der Waals surface area contributed by atoms with Crippen LogP contribution in [0.5, 0.6) is 5.75 Å². The highest BCUT2D eigenvalue weighted by atomic mass is 35.5. The third-order valence-electron chi connectivity index (χ3n) is 4.10. The van der Waals surface area contributed by atoms with E-state index in [1.54, 1.807) is 16.6 Å². The predicted molar refractivity (Wildman–Crippen MR) is 108 cm³/mol. The molecule has 0 saturated carbocycles. The lowest BCUT2D eigenvalue weighted by Gasteiger charge is -2.06. The molecule has 142 valence electrons. The Labute approximate surface area is 170 Å². The first-order valence-electron chi connectivity index (χ1n) is 8.67. The number of thioether (sulfide) groups is 1. The Morgan fingerprint density at radius 1 is 1.07 bits per heavy atom. The van der Waals surface area contributed by atoms with Gasteiger partial charge in [-0.3, -0.25) is 0 Å². The number of benzene rings is 2. The fourth-order valence-corrected chi connectivity index (χ4v) is 3.94.